The van der Waals surface area contributed by atoms with Crippen LogP contribution in [0.4, 0.5) is 0 Å². The van der Waals surface area contributed by atoms with E-state index >= 15 is 0 Å². The van der Waals surface area contributed by atoms with Gasteiger partial charge in [0.2, 0.25) is 0 Å². The number of aromatic hydroxyl groups is 2. The van der Waals surface area contributed by atoms with E-state index in [1.165, 1.54) is 12.1 Å². The van der Waals surface area contributed by atoms with E-state index in [1.54, 1.807) is 18.2 Å². The Morgan fingerprint density at radius 3 is 2.50 bits per heavy atom. The average Bonchev–Trinajstić information content (AvgIpc) is 2.28. The third-order valence-electron chi connectivity index (χ3n) is 2.59. The second kappa shape index (κ2) is 4.00. The maximum atomic E-state index is 9.73. The summed E-state index contributed by atoms with van der Waals surface area (Å²) in [5, 5.41) is 29.7. The number of aliphatic hydroxyl groups excluding tert-OH is 1. The van der Waals surface area contributed by atoms with Crippen LogP contribution in [0.5, 0.6) is 11.5 Å². The fourth-order valence-corrected chi connectivity index (χ4v) is 1.80. The second-order valence-electron chi connectivity index (χ2n) is 3.69. The van der Waals surface area contributed by atoms with Gasteiger partial charge in [-0.2, -0.15) is 0 Å². The van der Waals surface area contributed by atoms with Crippen molar-refractivity contribution in [3.05, 3.63) is 35.9 Å². The lowest BCUT2D eigenvalue weighted by molar-refractivity contribution is 0.266. The van der Waals surface area contributed by atoms with Gasteiger partial charge in [-0.1, -0.05) is 12.1 Å². The Bertz CT molecular complexity index is 520. The lowest BCUT2D eigenvalue weighted by atomic mass is 9.98. The summed E-state index contributed by atoms with van der Waals surface area (Å²) in [6.07, 6.45) is 0. The highest BCUT2D eigenvalue weighted by atomic mass is 16.3. The molecule has 1 unspecified atom stereocenters. The quantitative estimate of drug-likeness (QED) is 0.612. The summed E-state index contributed by atoms with van der Waals surface area (Å²) in [5.41, 5.74) is 6.17. The van der Waals surface area contributed by atoms with Crippen molar-refractivity contribution in [3.8, 4) is 11.5 Å². The van der Waals surface area contributed by atoms with E-state index in [0.717, 1.165) is 5.39 Å². The van der Waals surface area contributed by atoms with Crippen LogP contribution in [0.25, 0.3) is 10.8 Å². The van der Waals surface area contributed by atoms with E-state index in [0.29, 0.717) is 10.9 Å². The monoisotopic (exact) mass is 219 g/mol. The molecule has 0 aromatic heterocycles. The number of aliphatic hydroxyl groups is 1. The fraction of sp³-hybridized carbons (Fsp3) is 0.167. The molecule has 2 rings (SSSR count). The zero-order valence-corrected chi connectivity index (χ0v) is 8.59. The van der Waals surface area contributed by atoms with Gasteiger partial charge in [0.05, 0.1) is 12.6 Å². The van der Waals surface area contributed by atoms with Gasteiger partial charge in [0, 0.05) is 5.56 Å². The molecule has 5 N–H and O–H groups in total. The van der Waals surface area contributed by atoms with E-state index in [9.17, 15) is 10.2 Å². The molecule has 0 bridgehead atoms. The van der Waals surface area contributed by atoms with Crippen molar-refractivity contribution in [2.45, 2.75) is 6.04 Å². The molecule has 1 atom stereocenters. The first kappa shape index (κ1) is 10.7. The number of phenolic OH excluding ortho intramolecular Hbond substituents is 2. The average molecular weight is 219 g/mol. The summed E-state index contributed by atoms with van der Waals surface area (Å²) < 4.78 is 0. The highest BCUT2D eigenvalue weighted by Crippen LogP contribution is 2.33. The molecule has 0 fully saturated rings. The smallest absolute Gasteiger partial charge is 0.121 e. The Kier molecular flexibility index (Phi) is 2.68. The van der Waals surface area contributed by atoms with Crippen molar-refractivity contribution in [3.63, 3.8) is 0 Å². The Hall–Kier alpha value is -1.78. The van der Waals surface area contributed by atoms with Crippen molar-refractivity contribution >= 4 is 10.8 Å². The normalized spacial score (nSPS) is 12.9. The van der Waals surface area contributed by atoms with Gasteiger partial charge in [0.25, 0.3) is 0 Å². The van der Waals surface area contributed by atoms with Crippen molar-refractivity contribution in [1.29, 1.82) is 0 Å². The minimum absolute atomic E-state index is 0.0275. The lowest BCUT2D eigenvalue weighted by Crippen LogP contribution is -2.15. The van der Waals surface area contributed by atoms with E-state index in [2.05, 4.69) is 0 Å². The molecule has 0 amide bonds. The van der Waals surface area contributed by atoms with Crippen LogP contribution in [-0.2, 0) is 0 Å². The standard InChI is InChI=1S/C12H13NO3/c13-10(6-14)12-9-5-8(15)3-1-7(9)2-4-11(12)16/h1-5,10,14-16H,6,13H2. The van der Waals surface area contributed by atoms with E-state index in [1.807, 2.05) is 0 Å². The molecule has 16 heavy (non-hydrogen) atoms. The Labute approximate surface area is 92.6 Å². The van der Waals surface area contributed by atoms with E-state index in [-0.39, 0.29) is 18.1 Å². The van der Waals surface area contributed by atoms with Gasteiger partial charge in [0.1, 0.15) is 11.5 Å². The predicted octanol–water partition coefficient (Wildman–Crippen LogP) is 1.24. The molecule has 0 spiro atoms. The predicted molar refractivity (Wildman–Crippen MR) is 61.3 cm³/mol. The number of hydrogen-bond donors (Lipinski definition) is 4. The topological polar surface area (TPSA) is 86.7 Å². The van der Waals surface area contributed by atoms with Crippen molar-refractivity contribution in [1.82, 2.24) is 0 Å². The molecule has 4 heteroatoms. The van der Waals surface area contributed by atoms with Crippen LogP contribution in [0, 0.1) is 0 Å². The van der Waals surface area contributed by atoms with Crippen molar-refractivity contribution < 1.29 is 15.3 Å². The van der Waals surface area contributed by atoms with Crippen molar-refractivity contribution in [2.24, 2.45) is 5.73 Å². The first-order valence-corrected chi connectivity index (χ1v) is 4.94. The highest BCUT2D eigenvalue weighted by molar-refractivity contribution is 5.89. The van der Waals surface area contributed by atoms with Crippen LogP contribution in [0.15, 0.2) is 30.3 Å². The molecule has 0 aliphatic heterocycles. The summed E-state index contributed by atoms with van der Waals surface area (Å²) in [6.45, 7) is -0.262. The number of phenols is 2. The minimum Gasteiger partial charge on any atom is -0.508 e. The summed E-state index contributed by atoms with van der Waals surface area (Å²) in [5.74, 6) is 0.129. The number of hydrogen-bond acceptors (Lipinski definition) is 4. The Morgan fingerprint density at radius 1 is 1.12 bits per heavy atom. The highest BCUT2D eigenvalue weighted by Gasteiger charge is 2.14. The van der Waals surface area contributed by atoms with Crippen LogP contribution in [-0.4, -0.2) is 21.9 Å². The molecule has 2 aromatic rings. The number of benzene rings is 2. The van der Waals surface area contributed by atoms with Crippen molar-refractivity contribution in [2.75, 3.05) is 6.61 Å². The Morgan fingerprint density at radius 2 is 1.81 bits per heavy atom. The molecule has 0 heterocycles. The molecule has 0 radical (unpaired) electrons. The van der Waals surface area contributed by atoms with E-state index in [4.69, 9.17) is 10.8 Å². The minimum atomic E-state index is -0.662. The van der Waals surface area contributed by atoms with Crippen LogP contribution in [0.3, 0.4) is 0 Å². The lowest BCUT2D eigenvalue weighted by Gasteiger charge is -2.14. The molecule has 2 aromatic carbocycles. The van der Waals surface area contributed by atoms with E-state index < -0.39 is 6.04 Å². The molecule has 0 aliphatic carbocycles. The summed E-state index contributed by atoms with van der Waals surface area (Å²) in [4.78, 5) is 0. The first-order chi connectivity index (χ1) is 7.63. The van der Waals surface area contributed by atoms with Gasteiger partial charge in [-0.25, -0.2) is 0 Å². The third-order valence-corrected chi connectivity index (χ3v) is 2.59. The van der Waals surface area contributed by atoms with Crippen LogP contribution in [0.2, 0.25) is 0 Å². The van der Waals surface area contributed by atoms with Gasteiger partial charge in [-0.3, -0.25) is 0 Å². The molecule has 0 saturated heterocycles. The number of rotatable bonds is 2. The maximum Gasteiger partial charge on any atom is 0.121 e. The molecule has 84 valence electrons. The molecule has 0 saturated carbocycles. The van der Waals surface area contributed by atoms with Gasteiger partial charge in [-0.15, -0.1) is 0 Å². The zero-order valence-electron chi connectivity index (χ0n) is 8.59. The first-order valence-electron chi connectivity index (χ1n) is 4.94. The molecule has 0 aliphatic rings. The maximum absolute atomic E-state index is 9.73. The summed E-state index contributed by atoms with van der Waals surface area (Å²) >= 11 is 0. The third kappa shape index (κ3) is 1.68. The van der Waals surface area contributed by atoms with Crippen LogP contribution < -0.4 is 5.73 Å². The van der Waals surface area contributed by atoms with Gasteiger partial charge in [0.15, 0.2) is 0 Å². The second-order valence-corrected chi connectivity index (χ2v) is 3.69. The van der Waals surface area contributed by atoms with Gasteiger partial charge >= 0.3 is 0 Å². The van der Waals surface area contributed by atoms with Crippen LogP contribution >= 0.6 is 0 Å². The summed E-state index contributed by atoms with van der Waals surface area (Å²) in [6, 6.07) is 7.43. The number of nitrogens with two attached hydrogens (primary N) is 1. The van der Waals surface area contributed by atoms with Gasteiger partial charge in [-0.05, 0) is 29.0 Å². The van der Waals surface area contributed by atoms with Gasteiger partial charge < -0.3 is 21.1 Å². The fourth-order valence-electron chi connectivity index (χ4n) is 1.80. The van der Waals surface area contributed by atoms with Crippen LogP contribution in [0.1, 0.15) is 11.6 Å². The Balaban J connectivity index is 2.77. The zero-order chi connectivity index (χ0) is 11.7. The summed E-state index contributed by atoms with van der Waals surface area (Å²) in [7, 11) is 0. The number of fused-ring (bicyclic) bond motifs is 1. The SMILES string of the molecule is NC(CO)c1c(O)ccc2ccc(O)cc12. The molecular weight excluding hydrogens is 206 g/mol. The molecular formula is C12H13NO3. The largest absolute Gasteiger partial charge is 0.508 e. The molecule has 4 nitrogen and oxygen atoms in total.